The predicted molar refractivity (Wildman–Crippen MR) is 236 cm³/mol. The minimum absolute atomic E-state index is 0.0224. The number of nitrogens with zero attached hydrogens (tertiary/aromatic N) is 1. The molecule has 62 heavy (non-hydrogen) atoms. The Morgan fingerprint density at radius 2 is 1.85 bits per heavy atom. The molecular weight excluding hydrogens is 782 g/mol. The second kappa shape index (κ2) is 15.6. The van der Waals surface area contributed by atoms with Crippen molar-refractivity contribution in [3.05, 3.63) is 52.4 Å². The van der Waals surface area contributed by atoms with Crippen molar-refractivity contribution in [2.45, 2.75) is 166 Å². The number of rotatable bonds is 10. The first-order chi connectivity index (χ1) is 29.6. The highest BCUT2D eigenvalue weighted by molar-refractivity contribution is 5.93. The zero-order valence-corrected chi connectivity index (χ0v) is 37.8. The molecule has 3 N–H and O–H groups in total. The van der Waals surface area contributed by atoms with Crippen LogP contribution in [0.4, 0.5) is 10.1 Å². The molecule has 0 amide bonds. The molecular formula is C53H70FNO7. The van der Waals surface area contributed by atoms with Crippen molar-refractivity contribution in [1.82, 2.24) is 0 Å². The van der Waals surface area contributed by atoms with Gasteiger partial charge in [-0.25, -0.2) is 4.39 Å². The van der Waals surface area contributed by atoms with E-state index in [-0.39, 0.29) is 81.7 Å². The van der Waals surface area contributed by atoms with Gasteiger partial charge in [0.15, 0.2) is 11.4 Å². The average Bonchev–Trinajstić information content (AvgIpc) is 3.50. The van der Waals surface area contributed by atoms with Crippen LogP contribution in [0.2, 0.25) is 0 Å². The Bertz CT molecular complexity index is 2120. The van der Waals surface area contributed by atoms with Gasteiger partial charge in [-0.2, -0.15) is 0 Å². The zero-order valence-electron chi connectivity index (χ0n) is 37.8. The lowest BCUT2D eigenvalue weighted by Crippen LogP contribution is -2.62. The van der Waals surface area contributed by atoms with E-state index in [4.69, 9.17) is 9.47 Å². The van der Waals surface area contributed by atoms with Crippen LogP contribution >= 0.6 is 0 Å². The lowest BCUT2D eigenvalue weighted by atomic mass is 9.43. The van der Waals surface area contributed by atoms with Gasteiger partial charge < -0.3 is 29.7 Å². The van der Waals surface area contributed by atoms with Crippen LogP contribution < -0.4 is 4.90 Å². The molecule has 1 heterocycles. The summed E-state index contributed by atoms with van der Waals surface area (Å²) < 4.78 is 29.7. The number of anilines is 1. The molecule has 8 aliphatic carbocycles. The maximum absolute atomic E-state index is 16.4. The number of ketones is 1. The minimum atomic E-state index is -0.763. The van der Waals surface area contributed by atoms with Crippen molar-refractivity contribution in [1.29, 1.82) is 0 Å². The normalized spacial score (nSPS) is 44.2. The van der Waals surface area contributed by atoms with E-state index in [1.807, 2.05) is 31.0 Å². The molecule has 1 aromatic carbocycles. The Morgan fingerprint density at radius 1 is 1.03 bits per heavy atom. The van der Waals surface area contributed by atoms with Crippen molar-refractivity contribution in [3.63, 3.8) is 0 Å². The van der Waals surface area contributed by atoms with Crippen molar-refractivity contribution < 1.29 is 38.8 Å². The molecule has 0 bridgehead atoms. The van der Waals surface area contributed by atoms with E-state index in [9.17, 15) is 24.9 Å². The van der Waals surface area contributed by atoms with E-state index in [1.165, 1.54) is 16.7 Å². The topological polar surface area (TPSA) is 120 Å². The van der Waals surface area contributed by atoms with Crippen LogP contribution in [0.5, 0.6) is 0 Å². The highest BCUT2D eigenvalue weighted by atomic mass is 19.1. The number of aliphatic carboxylic acids is 1. The van der Waals surface area contributed by atoms with Crippen molar-refractivity contribution in [2.24, 2.45) is 58.2 Å². The zero-order chi connectivity index (χ0) is 43.5. The fraction of sp³-hybridized carbons (Fsp3) is 0.736. The summed E-state index contributed by atoms with van der Waals surface area (Å²) in [6.45, 7) is 9.76. The van der Waals surface area contributed by atoms with Gasteiger partial charge in [-0.1, -0.05) is 38.3 Å². The van der Waals surface area contributed by atoms with E-state index < -0.39 is 18.2 Å². The van der Waals surface area contributed by atoms with Gasteiger partial charge >= 0.3 is 5.97 Å². The van der Waals surface area contributed by atoms with E-state index >= 15 is 4.39 Å². The summed E-state index contributed by atoms with van der Waals surface area (Å²) in [5, 5.41) is 33.3. The third kappa shape index (κ3) is 6.48. The molecule has 7 fully saturated rings. The van der Waals surface area contributed by atoms with Crippen LogP contribution in [0.1, 0.15) is 142 Å². The second-order valence-electron chi connectivity index (χ2n) is 22.2. The third-order valence-corrected chi connectivity index (χ3v) is 19.8. The Kier molecular flexibility index (Phi) is 10.8. The van der Waals surface area contributed by atoms with Crippen LogP contribution in [0.3, 0.4) is 0 Å². The number of epoxide rings is 1. The number of aliphatic hydroxyl groups excluding tert-OH is 2. The highest BCUT2D eigenvalue weighted by Crippen LogP contribution is 2.73. The first-order valence-corrected chi connectivity index (χ1v) is 24.4. The molecule has 0 aromatic heterocycles. The number of carboxylic acids is 1. The van der Waals surface area contributed by atoms with Gasteiger partial charge in [0.2, 0.25) is 0 Å². The molecule has 3 unspecified atom stereocenters. The highest BCUT2D eigenvalue weighted by Gasteiger charge is 2.79. The number of allylic oxidation sites excluding steroid dienone is 4. The number of carboxylic acid groups (broad SMARTS) is 1. The van der Waals surface area contributed by atoms with Crippen LogP contribution in [0, 0.1) is 75.8 Å². The summed E-state index contributed by atoms with van der Waals surface area (Å²) in [5.41, 5.74) is 4.61. The smallest absolute Gasteiger partial charge is 0.303 e. The predicted octanol–water partition coefficient (Wildman–Crippen LogP) is 9.17. The van der Waals surface area contributed by atoms with E-state index in [2.05, 4.69) is 38.7 Å². The van der Waals surface area contributed by atoms with Crippen LogP contribution in [-0.2, 0) is 19.1 Å². The summed E-state index contributed by atoms with van der Waals surface area (Å²) in [6, 6.07) is 5.83. The number of aliphatic hydroxyl groups is 2. The van der Waals surface area contributed by atoms with E-state index in [0.717, 1.165) is 82.6 Å². The van der Waals surface area contributed by atoms with Gasteiger partial charge in [-0.15, -0.1) is 5.92 Å². The molecule has 9 heteroatoms. The number of hydrogen-bond acceptors (Lipinski definition) is 7. The van der Waals surface area contributed by atoms with Gasteiger partial charge in [-0.05, 0) is 190 Å². The number of fused-ring (bicyclic) bond motifs is 8. The number of likely N-dealkylation sites (N-methyl/N-ethyl adjacent to an activating group) is 1. The Balaban J connectivity index is 0.794. The monoisotopic (exact) mass is 852 g/mol. The molecule has 8 nitrogen and oxygen atoms in total. The number of carbonyl (C=O) groups is 2. The maximum Gasteiger partial charge on any atom is 0.303 e. The summed E-state index contributed by atoms with van der Waals surface area (Å²) in [5.74, 6) is 8.12. The molecule has 16 atom stereocenters. The SMILES string of the molecule is CC#C[C@]12CCC3C4CCC5=CC(=O)CCC5=C4[C@@H](c4ccc(N(C)CCO[C@H]5CC[C@@]6(C)[C@@H](C5)C[C@@H](O)[C@@H]5[C@@H]6C[C@H](O)[C@]6(C)C([C@H](C)CCC(=O)O)CC[C@@H]56)c(F)c4)C[C@@]31O2. The average molecular weight is 852 g/mol. The van der Waals surface area contributed by atoms with Crippen LogP contribution in [0.15, 0.2) is 41.0 Å². The molecule has 10 rings (SSSR count). The summed E-state index contributed by atoms with van der Waals surface area (Å²) in [7, 11) is 1.94. The molecule has 9 aliphatic rings. The molecule has 1 aromatic rings. The number of ether oxygens (including phenoxy) is 2. The summed E-state index contributed by atoms with van der Waals surface area (Å²) >= 11 is 0. The van der Waals surface area contributed by atoms with Crippen LogP contribution in [-0.4, -0.2) is 76.8 Å². The number of benzene rings is 1. The fourth-order valence-electron chi connectivity index (χ4n) is 16.7. The van der Waals surface area contributed by atoms with Gasteiger partial charge in [-0.3, -0.25) is 9.59 Å². The van der Waals surface area contributed by atoms with E-state index in [0.29, 0.717) is 55.9 Å². The summed E-state index contributed by atoms with van der Waals surface area (Å²) in [4.78, 5) is 25.9. The van der Waals surface area contributed by atoms with E-state index in [1.54, 1.807) is 6.07 Å². The minimum Gasteiger partial charge on any atom is -0.481 e. The number of carbonyl (C=O) groups excluding carboxylic acids is 1. The first-order valence-electron chi connectivity index (χ1n) is 24.4. The third-order valence-electron chi connectivity index (χ3n) is 19.8. The maximum atomic E-state index is 16.4. The van der Waals surface area contributed by atoms with Crippen molar-refractivity contribution >= 4 is 17.4 Å². The van der Waals surface area contributed by atoms with Crippen molar-refractivity contribution in [2.75, 3.05) is 25.1 Å². The van der Waals surface area contributed by atoms with Crippen molar-refractivity contribution in [3.8, 4) is 11.8 Å². The lowest BCUT2D eigenvalue weighted by molar-refractivity contribution is -0.209. The molecule has 0 radical (unpaired) electrons. The quantitative estimate of drug-likeness (QED) is 0.158. The van der Waals surface area contributed by atoms with Gasteiger partial charge in [0.1, 0.15) is 11.4 Å². The molecule has 1 spiro atoms. The number of halogens is 1. The Hall–Kier alpha value is -3.03. The van der Waals surface area contributed by atoms with Gasteiger partial charge in [0.05, 0.1) is 30.6 Å². The fourth-order valence-corrected chi connectivity index (χ4v) is 16.7. The molecule has 6 saturated carbocycles. The molecule has 1 saturated heterocycles. The molecule has 336 valence electrons. The largest absolute Gasteiger partial charge is 0.481 e. The second-order valence-corrected chi connectivity index (χ2v) is 22.2. The van der Waals surface area contributed by atoms with Gasteiger partial charge in [0, 0.05) is 32.4 Å². The summed E-state index contributed by atoms with van der Waals surface area (Å²) in [6.07, 6.45) is 14.3. The van der Waals surface area contributed by atoms with Gasteiger partial charge in [0.25, 0.3) is 0 Å². The lowest BCUT2D eigenvalue weighted by Gasteiger charge is -2.63. The Labute approximate surface area is 368 Å². The standard InChI is InChI=1S/C53H70FNO7/c1-6-19-52-21-18-40-37-11-8-31-24-34(56)10-12-36(31)48(37)38(29-53(40,52)62-52)32-9-15-44(43(54)25-32)55(5)22-23-61-35-17-20-50(3)33(26-35)27-45(57)49-41-14-13-39(30(2)7-16-47(59)60)51(41,4)46(58)28-42(49)50/h9,15,24-25,30,33,35,37-42,45-46,49,57-58H,7-8,10-14,16-18,20-23,26-29H2,1-5H3,(H,59,60)/t30-,33+,35+,37?,38-,39?,40?,41+,42+,45-,46+,49+,50+,51-,52+,53-/m1/s1. The Morgan fingerprint density at radius 3 is 2.63 bits per heavy atom. The number of hydrogen-bond donors (Lipinski definition) is 3. The van der Waals surface area contributed by atoms with Crippen LogP contribution in [0.25, 0.3) is 0 Å². The molecule has 1 aliphatic heterocycles. The first kappa shape index (κ1) is 42.9.